The Hall–Kier alpha value is -2.75. The van der Waals surface area contributed by atoms with Crippen molar-refractivity contribution in [2.24, 2.45) is 0 Å². The third-order valence-corrected chi connectivity index (χ3v) is 5.08. The lowest BCUT2D eigenvalue weighted by molar-refractivity contribution is -0.384. The fraction of sp³-hybridized carbons (Fsp3) is 0.312. The number of non-ortho nitro benzene ring substituents is 1. The second-order valence-corrected chi connectivity index (χ2v) is 6.95. The Labute approximate surface area is 157 Å². The summed E-state index contributed by atoms with van der Waals surface area (Å²) in [5, 5.41) is 15.2. The second-order valence-electron chi connectivity index (χ2n) is 6.09. The van der Waals surface area contributed by atoms with Crippen LogP contribution in [0, 0.1) is 17.0 Å². The fourth-order valence-corrected chi connectivity index (χ4v) is 3.80. The van der Waals surface area contributed by atoms with Gasteiger partial charge in [0.15, 0.2) is 0 Å². The van der Waals surface area contributed by atoms with Gasteiger partial charge in [-0.15, -0.1) is 0 Å². The van der Waals surface area contributed by atoms with Crippen LogP contribution in [0.25, 0.3) is 5.78 Å². The molecule has 0 N–H and O–H groups in total. The first-order chi connectivity index (χ1) is 12.5. The van der Waals surface area contributed by atoms with Crippen molar-refractivity contribution in [1.29, 1.82) is 0 Å². The Morgan fingerprint density at radius 3 is 2.58 bits per heavy atom. The van der Waals surface area contributed by atoms with E-state index in [2.05, 4.69) is 40.8 Å². The SMILES string of the molecule is Cc1cc(N2CCN(c3ccc([N+](=O)[O-])cc3Br)CC2)n2ncnc2n1. The highest BCUT2D eigenvalue weighted by Crippen LogP contribution is 2.31. The molecule has 1 fully saturated rings. The number of halogens is 1. The van der Waals surface area contributed by atoms with Gasteiger partial charge < -0.3 is 9.80 Å². The number of piperazine rings is 1. The molecule has 0 bridgehead atoms. The molecule has 1 saturated heterocycles. The summed E-state index contributed by atoms with van der Waals surface area (Å²) in [5.41, 5.74) is 1.95. The van der Waals surface area contributed by atoms with Gasteiger partial charge in [-0.25, -0.2) is 4.98 Å². The van der Waals surface area contributed by atoms with Crippen molar-refractivity contribution < 1.29 is 4.92 Å². The third kappa shape index (κ3) is 2.96. The van der Waals surface area contributed by atoms with Gasteiger partial charge in [0.2, 0.25) is 0 Å². The maximum Gasteiger partial charge on any atom is 0.270 e. The molecule has 1 aliphatic rings. The molecule has 2 aromatic heterocycles. The molecule has 0 atom stereocenters. The number of hydrogen-bond acceptors (Lipinski definition) is 7. The zero-order valence-corrected chi connectivity index (χ0v) is 15.6. The van der Waals surface area contributed by atoms with Crippen molar-refractivity contribution in [3.8, 4) is 0 Å². The number of benzene rings is 1. The minimum absolute atomic E-state index is 0.0834. The maximum absolute atomic E-state index is 10.9. The number of anilines is 2. The molecule has 0 radical (unpaired) electrons. The van der Waals surface area contributed by atoms with E-state index in [1.807, 2.05) is 13.0 Å². The number of nitro groups is 1. The van der Waals surface area contributed by atoms with Crippen LogP contribution in [0.5, 0.6) is 0 Å². The number of nitro benzene ring substituents is 1. The van der Waals surface area contributed by atoms with Crippen LogP contribution in [0.1, 0.15) is 5.69 Å². The van der Waals surface area contributed by atoms with Crippen molar-refractivity contribution in [2.45, 2.75) is 6.92 Å². The zero-order valence-electron chi connectivity index (χ0n) is 14.0. The van der Waals surface area contributed by atoms with Crippen molar-refractivity contribution in [3.05, 3.63) is 50.9 Å². The van der Waals surface area contributed by atoms with Gasteiger partial charge in [0.1, 0.15) is 12.1 Å². The highest BCUT2D eigenvalue weighted by atomic mass is 79.9. The van der Waals surface area contributed by atoms with Crippen LogP contribution in [0.3, 0.4) is 0 Å². The van der Waals surface area contributed by atoms with E-state index in [0.717, 1.165) is 47.9 Å². The molecule has 3 heterocycles. The lowest BCUT2D eigenvalue weighted by Gasteiger charge is -2.37. The van der Waals surface area contributed by atoms with Gasteiger partial charge in [0, 0.05) is 54.5 Å². The lowest BCUT2D eigenvalue weighted by Crippen LogP contribution is -2.47. The summed E-state index contributed by atoms with van der Waals surface area (Å²) >= 11 is 3.46. The minimum Gasteiger partial charge on any atom is -0.367 e. The Morgan fingerprint density at radius 1 is 1.15 bits per heavy atom. The second kappa shape index (κ2) is 6.52. The summed E-state index contributed by atoms with van der Waals surface area (Å²) in [4.78, 5) is 23.5. The van der Waals surface area contributed by atoms with Crippen LogP contribution in [0.15, 0.2) is 35.1 Å². The topological polar surface area (TPSA) is 92.7 Å². The molecule has 9 nitrogen and oxygen atoms in total. The number of rotatable bonds is 3. The molecule has 0 saturated carbocycles. The molecule has 3 aromatic rings. The molecule has 10 heteroatoms. The summed E-state index contributed by atoms with van der Waals surface area (Å²) in [7, 11) is 0. The van der Waals surface area contributed by atoms with Crippen LogP contribution in [-0.2, 0) is 0 Å². The van der Waals surface area contributed by atoms with Crippen molar-refractivity contribution in [3.63, 3.8) is 0 Å². The number of aromatic nitrogens is 4. The lowest BCUT2D eigenvalue weighted by atomic mass is 10.2. The molecular formula is C16H16BrN7O2. The highest BCUT2D eigenvalue weighted by molar-refractivity contribution is 9.10. The molecule has 0 aliphatic carbocycles. The van der Waals surface area contributed by atoms with E-state index in [4.69, 9.17) is 0 Å². The summed E-state index contributed by atoms with van der Waals surface area (Å²) in [6.45, 7) is 5.16. The van der Waals surface area contributed by atoms with Crippen LogP contribution < -0.4 is 9.80 Å². The van der Waals surface area contributed by atoms with Crippen LogP contribution in [-0.4, -0.2) is 50.7 Å². The van der Waals surface area contributed by atoms with Gasteiger partial charge >= 0.3 is 0 Å². The molecule has 26 heavy (non-hydrogen) atoms. The predicted molar refractivity (Wildman–Crippen MR) is 101 cm³/mol. The Morgan fingerprint density at radius 2 is 1.88 bits per heavy atom. The standard InChI is InChI=1S/C16H16BrN7O2/c1-11-8-15(23-16(20-11)18-10-19-23)22-6-4-21(5-7-22)14-3-2-12(24(25)26)9-13(14)17/h2-3,8-10H,4-7H2,1H3. The Bertz CT molecular complexity index is 982. The third-order valence-electron chi connectivity index (χ3n) is 4.45. The fourth-order valence-electron chi connectivity index (χ4n) is 3.18. The maximum atomic E-state index is 10.9. The first kappa shape index (κ1) is 16.7. The first-order valence-electron chi connectivity index (χ1n) is 8.14. The zero-order chi connectivity index (χ0) is 18.3. The summed E-state index contributed by atoms with van der Waals surface area (Å²) in [6, 6.07) is 6.90. The normalized spacial score (nSPS) is 14.8. The van der Waals surface area contributed by atoms with Crippen molar-refractivity contribution >= 4 is 38.9 Å². The number of nitrogens with zero attached hydrogens (tertiary/aromatic N) is 7. The van der Waals surface area contributed by atoms with E-state index in [1.165, 1.54) is 12.4 Å². The molecule has 1 aliphatic heterocycles. The molecule has 134 valence electrons. The molecule has 1 aromatic carbocycles. The largest absolute Gasteiger partial charge is 0.367 e. The number of fused-ring (bicyclic) bond motifs is 1. The van der Waals surface area contributed by atoms with E-state index in [-0.39, 0.29) is 10.6 Å². The van der Waals surface area contributed by atoms with Gasteiger partial charge in [0.25, 0.3) is 11.5 Å². The van der Waals surface area contributed by atoms with Crippen LogP contribution >= 0.6 is 15.9 Å². The summed E-state index contributed by atoms with van der Waals surface area (Å²) < 4.78 is 2.49. The van der Waals surface area contributed by atoms with Gasteiger partial charge in [-0.05, 0) is 28.9 Å². The predicted octanol–water partition coefficient (Wildman–Crippen LogP) is 2.43. The van der Waals surface area contributed by atoms with E-state index in [1.54, 1.807) is 16.6 Å². The first-order valence-corrected chi connectivity index (χ1v) is 8.93. The molecule has 0 spiro atoms. The summed E-state index contributed by atoms with van der Waals surface area (Å²) in [6.07, 6.45) is 1.51. The molecule has 0 unspecified atom stereocenters. The van der Waals surface area contributed by atoms with Crippen molar-refractivity contribution in [1.82, 2.24) is 19.6 Å². The van der Waals surface area contributed by atoms with Gasteiger partial charge in [-0.3, -0.25) is 10.1 Å². The van der Waals surface area contributed by atoms with E-state index in [0.29, 0.717) is 5.78 Å². The van der Waals surface area contributed by atoms with Crippen molar-refractivity contribution in [2.75, 3.05) is 36.0 Å². The highest BCUT2D eigenvalue weighted by Gasteiger charge is 2.22. The molecule has 0 amide bonds. The van der Waals surface area contributed by atoms with E-state index < -0.39 is 0 Å². The van der Waals surface area contributed by atoms with E-state index in [9.17, 15) is 10.1 Å². The monoisotopic (exact) mass is 417 g/mol. The average Bonchev–Trinajstić information content (AvgIpc) is 3.09. The average molecular weight is 418 g/mol. The minimum atomic E-state index is -0.387. The summed E-state index contributed by atoms with van der Waals surface area (Å²) in [5.74, 6) is 1.58. The smallest absolute Gasteiger partial charge is 0.270 e. The number of hydrogen-bond donors (Lipinski definition) is 0. The van der Waals surface area contributed by atoms with Gasteiger partial charge in [-0.2, -0.15) is 14.6 Å². The molecule has 4 rings (SSSR count). The molecular weight excluding hydrogens is 402 g/mol. The van der Waals surface area contributed by atoms with Crippen LogP contribution in [0.4, 0.5) is 17.2 Å². The van der Waals surface area contributed by atoms with Crippen LogP contribution in [0.2, 0.25) is 0 Å². The van der Waals surface area contributed by atoms with Gasteiger partial charge in [0.05, 0.1) is 10.6 Å². The Balaban J connectivity index is 1.54. The van der Waals surface area contributed by atoms with Gasteiger partial charge in [-0.1, -0.05) is 0 Å². The Kier molecular flexibility index (Phi) is 4.19. The number of aryl methyl sites for hydroxylation is 1. The van der Waals surface area contributed by atoms with E-state index >= 15 is 0 Å². The quantitative estimate of drug-likeness (QED) is 0.477.